The second-order valence-electron chi connectivity index (χ2n) is 4.89. The summed E-state index contributed by atoms with van der Waals surface area (Å²) in [6.45, 7) is 0. The number of carbonyl (C=O) groups excluding carboxylic acids is 2. The van der Waals surface area contributed by atoms with Crippen LogP contribution in [0.3, 0.4) is 0 Å². The van der Waals surface area contributed by atoms with Crippen molar-refractivity contribution in [2.75, 3.05) is 5.32 Å². The molecular formula is C15H9Cl2F4N3O3. The Morgan fingerprint density at radius 3 is 2.15 bits per heavy atom. The van der Waals surface area contributed by atoms with Gasteiger partial charge in [-0.2, -0.15) is 17.6 Å². The Bertz CT molecular complexity index is 827. The van der Waals surface area contributed by atoms with Crippen LogP contribution in [0.4, 0.5) is 28.0 Å². The van der Waals surface area contributed by atoms with Crippen LogP contribution in [0.1, 0.15) is 10.4 Å². The highest BCUT2D eigenvalue weighted by Crippen LogP contribution is 2.27. The number of amides is 3. The van der Waals surface area contributed by atoms with E-state index in [2.05, 4.69) is 15.0 Å². The number of hydrogen-bond donors (Lipinski definition) is 2. The number of pyridine rings is 1. The minimum absolute atomic E-state index is 0.0697. The van der Waals surface area contributed by atoms with Crippen LogP contribution in [0.2, 0.25) is 10.0 Å². The number of benzene rings is 1. The van der Waals surface area contributed by atoms with Crippen molar-refractivity contribution in [3.05, 3.63) is 52.3 Å². The molecule has 3 amide bonds. The predicted molar refractivity (Wildman–Crippen MR) is 88.8 cm³/mol. The number of nitrogens with one attached hydrogen (secondary N) is 2. The first-order chi connectivity index (χ1) is 12.6. The topological polar surface area (TPSA) is 80.3 Å². The third-order valence-corrected chi connectivity index (χ3v) is 3.49. The molecule has 0 saturated carbocycles. The van der Waals surface area contributed by atoms with E-state index in [9.17, 15) is 27.2 Å². The number of ether oxygens (including phenoxy) is 1. The number of hydrogen-bond acceptors (Lipinski definition) is 4. The maximum absolute atomic E-state index is 12.8. The summed E-state index contributed by atoms with van der Waals surface area (Å²) in [5.74, 6) is -1.30. The Morgan fingerprint density at radius 2 is 1.63 bits per heavy atom. The molecule has 1 unspecified atom stereocenters. The lowest BCUT2D eigenvalue weighted by atomic mass is 10.2. The SMILES string of the molecule is O=C(NC(=O)c1c(Cl)cncc1Cl)Nc1ccc(OC(F)C(F)(F)F)cc1. The highest BCUT2D eigenvalue weighted by molar-refractivity contribution is 6.39. The molecule has 2 rings (SSSR count). The molecule has 2 N–H and O–H groups in total. The molecular weight excluding hydrogens is 417 g/mol. The molecule has 1 aromatic heterocycles. The van der Waals surface area contributed by atoms with E-state index in [1.807, 2.05) is 5.32 Å². The van der Waals surface area contributed by atoms with Gasteiger partial charge >= 0.3 is 18.6 Å². The Labute approximate surface area is 159 Å². The number of rotatable bonds is 4. The van der Waals surface area contributed by atoms with Gasteiger partial charge in [0.15, 0.2) is 0 Å². The van der Waals surface area contributed by atoms with Crippen molar-refractivity contribution in [1.82, 2.24) is 10.3 Å². The van der Waals surface area contributed by atoms with Crippen LogP contribution < -0.4 is 15.4 Å². The number of carbonyl (C=O) groups is 2. The van der Waals surface area contributed by atoms with E-state index in [0.29, 0.717) is 0 Å². The zero-order valence-electron chi connectivity index (χ0n) is 13.0. The Balaban J connectivity index is 1.97. The van der Waals surface area contributed by atoms with E-state index < -0.39 is 30.2 Å². The van der Waals surface area contributed by atoms with Crippen LogP contribution in [-0.2, 0) is 0 Å². The summed E-state index contributed by atoms with van der Waals surface area (Å²) in [5.41, 5.74) is -0.0599. The average Bonchev–Trinajstić information content (AvgIpc) is 2.55. The van der Waals surface area contributed by atoms with Gasteiger partial charge in [0.05, 0.1) is 15.6 Å². The van der Waals surface area contributed by atoms with Crippen LogP contribution in [0, 0.1) is 0 Å². The molecule has 6 nitrogen and oxygen atoms in total. The molecule has 27 heavy (non-hydrogen) atoms. The molecule has 12 heteroatoms. The fourth-order valence-corrected chi connectivity index (χ4v) is 2.30. The van der Waals surface area contributed by atoms with Crippen molar-refractivity contribution in [1.29, 1.82) is 0 Å². The monoisotopic (exact) mass is 425 g/mol. The first-order valence-electron chi connectivity index (χ1n) is 6.96. The van der Waals surface area contributed by atoms with E-state index in [1.165, 1.54) is 0 Å². The first-order valence-corrected chi connectivity index (χ1v) is 7.72. The first kappa shape index (κ1) is 20.7. The maximum atomic E-state index is 12.8. The third-order valence-electron chi connectivity index (χ3n) is 2.92. The molecule has 2 aromatic rings. The van der Waals surface area contributed by atoms with E-state index in [4.69, 9.17) is 23.2 Å². The average molecular weight is 426 g/mol. The highest BCUT2D eigenvalue weighted by Gasteiger charge is 2.42. The minimum atomic E-state index is -5.16. The van der Waals surface area contributed by atoms with Gasteiger partial charge in [-0.15, -0.1) is 0 Å². The second-order valence-corrected chi connectivity index (χ2v) is 5.70. The summed E-state index contributed by atoms with van der Waals surface area (Å²) in [7, 11) is 0. The van der Waals surface area contributed by atoms with E-state index in [1.54, 1.807) is 0 Å². The van der Waals surface area contributed by atoms with E-state index in [0.717, 1.165) is 36.7 Å². The molecule has 1 heterocycles. The third kappa shape index (κ3) is 5.69. The number of aromatic nitrogens is 1. The molecule has 0 aliphatic heterocycles. The summed E-state index contributed by atoms with van der Waals surface area (Å²) in [5, 5.41) is 4.08. The van der Waals surface area contributed by atoms with Gasteiger partial charge in [0.2, 0.25) is 0 Å². The van der Waals surface area contributed by atoms with Gasteiger partial charge in [0.25, 0.3) is 5.91 Å². The number of nitrogens with zero attached hydrogens (tertiary/aromatic N) is 1. The Kier molecular flexibility index (Phi) is 6.45. The van der Waals surface area contributed by atoms with Crippen LogP contribution in [0.15, 0.2) is 36.7 Å². The summed E-state index contributed by atoms with van der Waals surface area (Å²) < 4.78 is 53.1. The molecule has 0 aliphatic carbocycles. The molecule has 0 bridgehead atoms. The molecule has 0 radical (unpaired) electrons. The quantitative estimate of drug-likeness (QED) is 0.702. The van der Waals surface area contributed by atoms with Crippen molar-refractivity contribution in [3.8, 4) is 5.75 Å². The number of urea groups is 1. The van der Waals surface area contributed by atoms with Crippen molar-refractivity contribution >= 4 is 40.8 Å². The number of halogens is 6. The predicted octanol–water partition coefficient (Wildman–Crippen LogP) is 4.59. The Morgan fingerprint density at radius 1 is 1.07 bits per heavy atom. The van der Waals surface area contributed by atoms with E-state index in [-0.39, 0.29) is 21.3 Å². The standard InChI is InChI=1S/C15H9Cl2F4N3O3/c16-9-5-22-6-10(17)11(9)12(25)24-14(26)23-7-1-3-8(4-2-7)27-13(18)15(19,20)21/h1-6,13H,(H2,23,24,25,26). The van der Waals surface area contributed by atoms with Gasteiger partial charge in [-0.25, -0.2) is 4.79 Å². The summed E-state index contributed by atoms with van der Waals surface area (Å²) in [6.07, 6.45) is -6.31. The van der Waals surface area contributed by atoms with Crippen LogP contribution in [0.25, 0.3) is 0 Å². The molecule has 1 atom stereocenters. The smallest absolute Gasteiger partial charge is 0.452 e. The van der Waals surface area contributed by atoms with Gasteiger partial charge in [0.1, 0.15) is 5.75 Å². The molecule has 0 fully saturated rings. The highest BCUT2D eigenvalue weighted by atomic mass is 35.5. The summed E-state index contributed by atoms with van der Waals surface area (Å²) >= 11 is 11.6. The van der Waals surface area contributed by atoms with E-state index >= 15 is 0 Å². The zero-order valence-corrected chi connectivity index (χ0v) is 14.5. The van der Waals surface area contributed by atoms with Crippen LogP contribution >= 0.6 is 23.2 Å². The zero-order chi connectivity index (χ0) is 20.2. The number of imide groups is 1. The Hall–Kier alpha value is -2.59. The normalized spacial score (nSPS) is 12.2. The minimum Gasteiger partial charge on any atom is -0.452 e. The van der Waals surface area contributed by atoms with Crippen molar-refractivity contribution in [2.45, 2.75) is 12.5 Å². The lowest BCUT2D eigenvalue weighted by Gasteiger charge is -2.14. The largest absolute Gasteiger partial charge is 0.457 e. The lowest BCUT2D eigenvalue weighted by molar-refractivity contribution is -0.236. The molecule has 0 spiro atoms. The van der Waals surface area contributed by atoms with Gasteiger partial charge in [0, 0.05) is 18.1 Å². The second kappa shape index (κ2) is 8.40. The maximum Gasteiger partial charge on any atom is 0.457 e. The van der Waals surface area contributed by atoms with Crippen molar-refractivity contribution < 1.29 is 31.9 Å². The lowest BCUT2D eigenvalue weighted by Crippen LogP contribution is -2.34. The summed E-state index contributed by atoms with van der Waals surface area (Å²) in [6, 6.07) is 3.35. The fourth-order valence-electron chi connectivity index (χ4n) is 1.76. The molecule has 0 aliphatic rings. The number of alkyl halides is 4. The van der Waals surface area contributed by atoms with Gasteiger partial charge in [-0.3, -0.25) is 15.1 Å². The molecule has 0 saturated heterocycles. The van der Waals surface area contributed by atoms with Gasteiger partial charge in [-0.05, 0) is 24.3 Å². The van der Waals surface area contributed by atoms with Crippen molar-refractivity contribution in [3.63, 3.8) is 0 Å². The fraction of sp³-hybridized carbons (Fsp3) is 0.133. The van der Waals surface area contributed by atoms with Gasteiger partial charge < -0.3 is 10.1 Å². The summed E-state index contributed by atoms with van der Waals surface area (Å²) in [4.78, 5) is 27.5. The van der Waals surface area contributed by atoms with Crippen LogP contribution in [-0.4, -0.2) is 29.5 Å². The molecule has 1 aromatic carbocycles. The van der Waals surface area contributed by atoms with Crippen LogP contribution in [0.5, 0.6) is 5.75 Å². The number of anilines is 1. The molecule has 144 valence electrons. The van der Waals surface area contributed by atoms with Crippen molar-refractivity contribution in [2.24, 2.45) is 0 Å². The van der Waals surface area contributed by atoms with Gasteiger partial charge in [-0.1, -0.05) is 23.2 Å².